The van der Waals surface area contributed by atoms with Gasteiger partial charge in [-0.2, -0.15) is 0 Å². The van der Waals surface area contributed by atoms with Gasteiger partial charge >= 0.3 is 0 Å². The van der Waals surface area contributed by atoms with Crippen LogP contribution in [-0.2, 0) is 0 Å². The van der Waals surface area contributed by atoms with Gasteiger partial charge in [0.2, 0.25) is 0 Å². The Kier molecular flexibility index (Phi) is 5.09. The monoisotopic (exact) mass is 305 g/mol. The molecule has 0 spiro atoms. The van der Waals surface area contributed by atoms with Crippen LogP contribution in [0.3, 0.4) is 0 Å². The summed E-state index contributed by atoms with van der Waals surface area (Å²) in [6.45, 7) is 2.57. The van der Waals surface area contributed by atoms with Crippen LogP contribution in [0.4, 0.5) is 0 Å². The van der Waals surface area contributed by atoms with Gasteiger partial charge in [0.15, 0.2) is 0 Å². The number of nitrogens with one attached hydrogen (secondary N) is 1. The van der Waals surface area contributed by atoms with Crippen molar-refractivity contribution in [3.8, 4) is 5.75 Å². The molecule has 0 aliphatic heterocycles. The van der Waals surface area contributed by atoms with Crippen LogP contribution in [-0.4, -0.2) is 22.4 Å². The van der Waals surface area contributed by atoms with Gasteiger partial charge in [0.05, 0.1) is 5.56 Å². The summed E-state index contributed by atoms with van der Waals surface area (Å²) in [5.74, 6) is -0.390. The van der Waals surface area contributed by atoms with Crippen LogP contribution in [0.25, 0.3) is 0 Å². The minimum Gasteiger partial charge on any atom is -0.507 e. The minimum absolute atomic E-state index is 0.100. The molecule has 3 nitrogen and oxygen atoms in total. The first kappa shape index (κ1) is 13.3. The van der Waals surface area contributed by atoms with Gasteiger partial charge in [0.1, 0.15) is 5.75 Å². The van der Waals surface area contributed by atoms with E-state index in [0.29, 0.717) is 16.4 Å². The first-order valence-electron chi connectivity index (χ1n) is 4.91. The fourth-order valence-electron chi connectivity index (χ4n) is 1.18. The fraction of sp³-hybridized carbons (Fsp3) is 0.364. The van der Waals surface area contributed by atoms with Crippen LogP contribution in [0.15, 0.2) is 18.2 Å². The summed E-state index contributed by atoms with van der Waals surface area (Å²) < 4.78 is 0. The number of carbonyl (C=O) groups is 1. The van der Waals surface area contributed by atoms with Crippen LogP contribution in [0.2, 0.25) is 5.02 Å². The topological polar surface area (TPSA) is 49.3 Å². The van der Waals surface area contributed by atoms with Gasteiger partial charge in [-0.15, -0.1) is 0 Å². The molecule has 0 aromatic heterocycles. The third-order valence-electron chi connectivity index (χ3n) is 2.03. The van der Waals surface area contributed by atoms with Crippen LogP contribution >= 0.6 is 27.5 Å². The van der Waals surface area contributed by atoms with E-state index in [1.54, 1.807) is 6.07 Å². The molecule has 2 N–H and O–H groups in total. The Hall–Kier alpha value is -0.740. The fourth-order valence-corrected chi connectivity index (χ4v) is 1.57. The van der Waals surface area contributed by atoms with Crippen LogP contribution < -0.4 is 5.32 Å². The second-order valence-electron chi connectivity index (χ2n) is 3.49. The zero-order valence-electron chi connectivity index (χ0n) is 8.84. The molecule has 0 saturated heterocycles. The number of phenolic OH excluding ortho intramolecular Hbond substituents is 1. The Morgan fingerprint density at radius 1 is 1.62 bits per heavy atom. The zero-order valence-corrected chi connectivity index (χ0v) is 11.2. The Balaban J connectivity index is 2.59. The molecular formula is C11H13BrClNO2. The first-order chi connectivity index (χ1) is 7.50. The van der Waals surface area contributed by atoms with Gasteiger partial charge < -0.3 is 10.4 Å². The van der Waals surface area contributed by atoms with Gasteiger partial charge in [-0.05, 0) is 24.6 Å². The molecule has 1 aromatic rings. The molecule has 0 bridgehead atoms. The molecule has 1 aromatic carbocycles. The lowest BCUT2D eigenvalue weighted by molar-refractivity contribution is 0.0951. The standard InChI is InChI=1S/C11H13BrClNO2/c1-7(12)4-5-14-11(16)9-3-2-8(13)6-10(9)15/h2-3,6-7,15H,4-5H2,1H3,(H,14,16). The van der Waals surface area contributed by atoms with Crippen molar-refractivity contribution in [1.82, 2.24) is 5.32 Å². The number of aromatic hydroxyl groups is 1. The highest BCUT2D eigenvalue weighted by atomic mass is 79.9. The van der Waals surface area contributed by atoms with Crippen molar-refractivity contribution < 1.29 is 9.90 Å². The van der Waals surface area contributed by atoms with Crippen molar-refractivity contribution in [3.63, 3.8) is 0 Å². The molecule has 0 fully saturated rings. The number of benzene rings is 1. The van der Waals surface area contributed by atoms with E-state index in [1.807, 2.05) is 6.92 Å². The molecule has 16 heavy (non-hydrogen) atoms. The molecule has 1 unspecified atom stereocenters. The largest absolute Gasteiger partial charge is 0.507 e. The Bertz CT molecular complexity index is 382. The number of rotatable bonds is 4. The number of phenols is 1. The molecule has 0 heterocycles. The summed E-state index contributed by atoms with van der Waals surface area (Å²) in [5.41, 5.74) is 0.242. The molecule has 0 saturated carbocycles. The van der Waals surface area contributed by atoms with E-state index in [2.05, 4.69) is 21.2 Å². The van der Waals surface area contributed by atoms with Crippen molar-refractivity contribution in [1.29, 1.82) is 0 Å². The predicted octanol–water partition coefficient (Wildman–Crippen LogP) is 2.95. The number of hydrogen-bond donors (Lipinski definition) is 2. The van der Waals surface area contributed by atoms with E-state index in [-0.39, 0.29) is 17.2 Å². The minimum atomic E-state index is -0.290. The summed E-state index contributed by atoms with van der Waals surface area (Å²) in [6.07, 6.45) is 0.833. The lowest BCUT2D eigenvalue weighted by atomic mass is 10.2. The van der Waals surface area contributed by atoms with E-state index in [4.69, 9.17) is 11.6 Å². The highest BCUT2D eigenvalue weighted by molar-refractivity contribution is 9.09. The van der Waals surface area contributed by atoms with Crippen molar-refractivity contribution in [2.75, 3.05) is 6.54 Å². The maximum absolute atomic E-state index is 11.6. The summed E-state index contributed by atoms with van der Waals surface area (Å²) >= 11 is 9.06. The smallest absolute Gasteiger partial charge is 0.255 e. The average molecular weight is 307 g/mol. The molecule has 0 aliphatic rings. The number of hydrogen-bond acceptors (Lipinski definition) is 2. The van der Waals surface area contributed by atoms with Crippen molar-refractivity contribution in [2.24, 2.45) is 0 Å². The summed E-state index contributed by atoms with van der Waals surface area (Å²) in [7, 11) is 0. The van der Waals surface area contributed by atoms with E-state index >= 15 is 0 Å². The lowest BCUT2D eigenvalue weighted by Crippen LogP contribution is -2.25. The second-order valence-corrected chi connectivity index (χ2v) is 5.49. The molecule has 0 aliphatic carbocycles. The maximum atomic E-state index is 11.6. The van der Waals surface area contributed by atoms with Gasteiger partial charge in [0.25, 0.3) is 5.91 Å². The van der Waals surface area contributed by atoms with Gasteiger partial charge in [-0.1, -0.05) is 34.5 Å². The van der Waals surface area contributed by atoms with E-state index < -0.39 is 0 Å². The lowest BCUT2D eigenvalue weighted by Gasteiger charge is -2.07. The average Bonchev–Trinajstić information content (AvgIpc) is 2.16. The van der Waals surface area contributed by atoms with Crippen molar-refractivity contribution in [3.05, 3.63) is 28.8 Å². The Morgan fingerprint density at radius 3 is 2.88 bits per heavy atom. The Labute approximate surface area is 108 Å². The highest BCUT2D eigenvalue weighted by Crippen LogP contribution is 2.21. The van der Waals surface area contributed by atoms with Crippen molar-refractivity contribution >= 4 is 33.4 Å². The zero-order chi connectivity index (χ0) is 12.1. The van der Waals surface area contributed by atoms with Crippen LogP contribution in [0, 0.1) is 0 Å². The van der Waals surface area contributed by atoms with Gasteiger partial charge in [-0.3, -0.25) is 4.79 Å². The second kappa shape index (κ2) is 6.11. The van der Waals surface area contributed by atoms with Crippen LogP contribution in [0.1, 0.15) is 23.7 Å². The summed E-state index contributed by atoms with van der Waals surface area (Å²) in [5, 5.41) is 12.6. The number of carbonyl (C=O) groups excluding carboxylic acids is 1. The Morgan fingerprint density at radius 2 is 2.31 bits per heavy atom. The third kappa shape index (κ3) is 4.02. The molecule has 0 radical (unpaired) electrons. The van der Waals surface area contributed by atoms with Gasteiger partial charge in [0, 0.05) is 16.4 Å². The number of halogens is 2. The third-order valence-corrected chi connectivity index (χ3v) is 2.73. The van der Waals surface area contributed by atoms with Gasteiger partial charge in [-0.25, -0.2) is 0 Å². The maximum Gasteiger partial charge on any atom is 0.255 e. The van der Waals surface area contributed by atoms with Crippen molar-refractivity contribution in [2.45, 2.75) is 18.2 Å². The van der Waals surface area contributed by atoms with E-state index in [9.17, 15) is 9.90 Å². The molecular weight excluding hydrogens is 293 g/mol. The molecule has 1 atom stereocenters. The van der Waals surface area contributed by atoms with Crippen LogP contribution in [0.5, 0.6) is 5.75 Å². The first-order valence-corrected chi connectivity index (χ1v) is 6.21. The highest BCUT2D eigenvalue weighted by Gasteiger charge is 2.10. The predicted molar refractivity (Wildman–Crippen MR) is 68.5 cm³/mol. The molecule has 1 amide bonds. The molecule has 1 rings (SSSR count). The normalized spacial score (nSPS) is 12.2. The molecule has 88 valence electrons. The number of alkyl halides is 1. The molecule has 5 heteroatoms. The van der Waals surface area contributed by atoms with E-state index in [0.717, 1.165) is 6.42 Å². The summed E-state index contributed by atoms with van der Waals surface area (Å²) in [4.78, 5) is 12.0. The summed E-state index contributed by atoms with van der Waals surface area (Å²) in [6, 6.07) is 4.43. The number of amides is 1. The SMILES string of the molecule is CC(Br)CCNC(=O)c1ccc(Cl)cc1O. The quantitative estimate of drug-likeness (QED) is 0.840. The van der Waals surface area contributed by atoms with E-state index in [1.165, 1.54) is 12.1 Å².